The van der Waals surface area contributed by atoms with Crippen LogP contribution in [0.15, 0.2) is 94.4 Å². The number of amides is 1. The van der Waals surface area contributed by atoms with Crippen LogP contribution < -0.4 is 0 Å². The molecule has 1 amide bonds. The third-order valence-electron chi connectivity index (χ3n) is 6.59. The summed E-state index contributed by atoms with van der Waals surface area (Å²) in [6, 6.07) is 9.19. The molecule has 0 saturated heterocycles. The van der Waals surface area contributed by atoms with Crippen molar-refractivity contribution in [2.45, 2.75) is 38.9 Å². The molecule has 1 N–H and O–H groups in total. The summed E-state index contributed by atoms with van der Waals surface area (Å²) in [5.74, 6) is -3.93. The SMILES string of the molecule is CCOC(=O)C1=C(OCc2ccccc2)C2=NC=C(CC3C=CCC(F)=CC3)C3OC(C(=O)O)=C[N+](=C23)C1=O. The van der Waals surface area contributed by atoms with Crippen molar-refractivity contribution in [3.05, 3.63) is 95.0 Å². The summed E-state index contributed by atoms with van der Waals surface area (Å²) in [4.78, 5) is 43.2. The molecule has 5 rings (SSSR count). The summed E-state index contributed by atoms with van der Waals surface area (Å²) in [5.41, 5.74) is 1.43. The van der Waals surface area contributed by atoms with Gasteiger partial charge in [-0.25, -0.2) is 23.8 Å². The minimum atomic E-state index is -1.38. The maximum Gasteiger partial charge on any atom is 0.436 e. The van der Waals surface area contributed by atoms with Gasteiger partial charge in [0.2, 0.25) is 17.9 Å². The number of carboxylic acid groups (broad SMARTS) is 1. The molecule has 0 bridgehead atoms. The van der Waals surface area contributed by atoms with E-state index >= 15 is 0 Å². The van der Waals surface area contributed by atoms with Gasteiger partial charge in [0, 0.05) is 12.6 Å². The van der Waals surface area contributed by atoms with Crippen molar-refractivity contribution in [2.24, 2.45) is 10.9 Å². The van der Waals surface area contributed by atoms with Crippen molar-refractivity contribution in [1.82, 2.24) is 0 Å². The molecule has 3 aliphatic heterocycles. The quantitative estimate of drug-likeness (QED) is 0.233. The second-order valence-electron chi connectivity index (χ2n) is 9.22. The highest BCUT2D eigenvalue weighted by Gasteiger charge is 2.53. The Morgan fingerprint density at radius 1 is 1.26 bits per heavy atom. The van der Waals surface area contributed by atoms with Gasteiger partial charge in [-0.15, -0.1) is 4.58 Å². The maximum absolute atomic E-state index is 13.8. The zero-order valence-corrected chi connectivity index (χ0v) is 21.1. The predicted molar refractivity (Wildman–Crippen MR) is 137 cm³/mol. The largest absolute Gasteiger partial charge is 0.485 e. The van der Waals surface area contributed by atoms with Gasteiger partial charge in [-0.1, -0.05) is 48.6 Å². The first-order chi connectivity index (χ1) is 18.9. The molecule has 1 aromatic rings. The summed E-state index contributed by atoms with van der Waals surface area (Å²) in [7, 11) is 0. The lowest BCUT2D eigenvalue weighted by Gasteiger charge is -2.31. The van der Waals surface area contributed by atoms with Crippen LogP contribution in [-0.2, 0) is 35.2 Å². The third kappa shape index (κ3) is 5.22. The van der Waals surface area contributed by atoms with E-state index in [1.54, 1.807) is 13.0 Å². The first-order valence-electron chi connectivity index (χ1n) is 12.6. The second-order valence-corrected chi connectivity index (χ2v) is 9.22. The molecule has 0 saturated carbocycles. The minimum absolute atomic E-state index is 0.0145. The fourth-order valence-electron chi connectivity index (χ4n) is 4.76. The van der Waals surface area contributed by atoms with Crippen molar-refractivity contribution in [3.63, 3.8) is 0 Å². The van der Waals surface area contributed by atoms with E-state index in [1.165, 1.54) is 12.3 Å². The Bertz CT molecular complexity index is 1450. The number of nitrogens with zero attached hydrogens (tertiary/aromatic N) is 2. The highest BCUT2D eigenvalue weighted by Crippen LogP contribution is 2.34. The van der Waals surface area contributed by atoms with E-state index in [4.69, 9.17) is 14.2 Å². The molecule has 1 aromatic carbocycles. The molecule has 0 spiro atoms. The van der Waals surface area contributed by atoms with E-state index in [9.17, 15) is 23.9 Å². The van der Waals surface area contributed by atoms with Gasteiger partial charge in [0.05, 0.1) is 12.4 Å². The summed E-state index contributed by atoms with van der Waals surface area (Å²) >= 11 is 0. The van der Waals surface area contributed by atoms with E-state index in [1.807, 2.05) is 36.4 Å². The van der Waals surface area contributed by atoms with Crippen LogP contribution in [0, 0.1) is 5.92 Å². The lowest BCUT2D eigenvalue weighted by atomic mass is 9.86. The topological polar surface area (TPSA) is 114 Å². The Hall–Kier alpha value is -4.60. The Kier molecular flexibility index (Phi) is 7.36. The molecule has 200 valence electrons. The molecule has 2 unspecified atom stereocenters. The summed E-state index contributed by atoms with van der Waals surface area (Å²) in [5, 5.41) is 9.73. The molecule has 0 aromatic heterocycles. The zero-order chi connectivity index (χ0) is 27.5. The summed E-state index contributed by atoms with van der Waals surface area (Å²) in [6.07, 6.45) is 7.81. The van der Waals surface area contributed by atoms with E-state index < -0.39 is 29.7 Å². The van der Waals surface area contributed by atoms with E-state index in [-0.39, 0.29) is 54.1 Å². The summed E-state index contributed by atoms with van der Waals surface area (Å²) in [6.45, 7) is 1.67. The standard InChI is InChI=1S/C29H25FN2O7/c1-2-37-29(36)22-26(38-16-18-7-4-3-5-8-18)23-24-25(39-21(28(34)35)15-32(24)27(22)33)19(14-31-23)13-17-9-6-10-20(30)12-11-17/h3-9,12,14-15,17,25H,2,10-11,13,16H2,1H3/p+1. The lowest BCUT2D eigenvalue weighted by molar-refractivity contribution is -0.386. The van der Waals surface area contributed by atoms with Crippen molar-refractivity contribution < 1.29 is 42.7 Å². The Balaban J connectivity index is 1.60. The van der Waals surface area contributed by atoms with Crippen molar-refractivity contribution in [2.75, 3.05) is 6.61 Å². The molecule has 10 heteroatoms. The van der Waals surface area contributed by atoms with Crippen LogP contribution in [-0.4, -0.2) is 51.7 Å². The average Bonchev–Trinajstić information content (AvgIpc) is 3.14. The molecule has 0 fully saturated rings. The van der Waals surface area contributed by atoms with Gasteiger partial charge in [-0.05, 0) is 36.8 Å². The normalized spacial score (nSPS) is 22.1. The summed E-state index contributed by atoms with van der Waals surface area (Å²) < 4.78 is 31.9. The molecule has 4 aliphatic rings. The maximum atomic E-state index is 13.8. The van der Waals surface area contributed by atoms with Gasteiger partial charge in [0.25, 0.3) is 11.5 Å². The molecule has 1 aliphatic carbocycles. The predicted octanol–water partition coefficient (Wildman–Crippen LogP) is 3.89. The minimum Gasteiger partial charge on any atom is -0.485 e. The van der Waals surface area contributed by atoms with Crippen LogP contribution in [0.5, 0.6) is 0 Å². The number of esters is 1. The third-order valence-corrected chi connectivity index (χ3v) is 6.59. The number of aliphatic carboxylic acids is 1. The van der Waals surface area contributed by atoms with Gasteiger partial charge in [-0.3, -0.25) is 0 Å². The van der Waals surface area contributed by atoms with Crippen LogP contribution in [0.4, 0.5) is 4.39 Å². The number of aliphatic imine (C=N–C) groups is 1. The number of carboxylic acids is 1. The molecule has 9 nitrogen and oxygen atoms in total. The van der Waals surface area contributed by atoms with Crippen LogP contribution in [0.3, 0.4) is 0 Å². The molecular weight excluding hydrogens is 507 g/mol. The number of carbonyl (C=O) groups excluding carboxylic acids is 2. The van der Waals surface area contributed by atoms with E-state index in [0.717, 1.165) is 16.3 Å². The van der Waals surface area contributed by atoms with Gasteiger partial charge >= 0.3 is 17.8 Å². The van der Waals surface area contributed by atoms with Crippen molar-refractivity contribution in [1.29, 1.82) is 0 Å². The Morgan fingerprint density at radius 2 is 2.05 bits per heavy atom. The number of ether oxygens (including phenoxy) is 3. The van der Waals surface area contributed by atoms with Crippen LogP contribution in [0.1, 0.15) is 31.7 Å². The van der Waals surface area contributed by atoms with Crippen molar-refractivity contribution >= 4 is 29.3 Å². The number of carbonyl (C=O) groups is 3. The molecule has 2 atom stereocenters. The van der Waals surface area contributed by atoms with Crippen LogP contribution in [0.25, 0.3) is 0 Å². The van der Waals surface area contributed by atoms with E-state index in [2.05, 4.69) is 4.99 Å². The Morgan fingerprint density at radius 3 is 2.79 bits per heavy atom. The number of allylic oxidation sites excluding steroid dienone is 5. The first-order valence-corrected chi connectivity index (χ1v) is 12.6. The molecule has 39 heavy (non-hydrogen) atoms. The molecule has 0 radical (unpaired) electrons. The monoisotopic (exact) mass is 533 g/mol. The highest BCUT2D eigenvalue weighted by atomic mass is 19.1. The zero-order valence-electron chi connectivity index (χ0n) is 21.1. The molecule has 3 heterocycles. The Labute approximate surface area is 223 Å². The van der Waals surface area contributed by atoms with Gasteiger partial charge in [0.1, 0.15) is 6.61 Å². The van der Waals surface area contributed by atoms with Crippen molar-refractivity contribution in [3.8, 4) is 0 Å². The number of rotatable bonds is 8. The fourth-order valence-corrected chi connectivity index (χ4v) is 4.76. The fraction of sp³-hybridized carbons (Fsp3) is 0.276. The molecular formula is C29H26FN2O7+. The van der Waals surface area contributed by atoms with Crippen LogP contribution in [0.2, 0.25) is 0 Å². The first kappa shape index (κ1) is 26.0. The lowest BCUT2D eigenvalue weighted by Crippen LogP contribution is -2.51. The van der Waals surface area contributed by atoms with Gasteiger partial charge in [-0.2, -0.15) is 0 Å². The highest BCUT2D eigenvalue weighted by molar-refractivity contribution is 6.52. The number of hydrogen-bond acceptors (Lipinski definition) is 7. The number of halogens is 1. The van der Waals surface area contributed by atoms with E-state index in [0.29, 0.717) is 18.4 Å². The second kappa shape index (κ2) is 11.0. The van der Waals surface area contributed by atoms with Gasteiger partial charge in [0.15, 0.2) is 11.5 Å². The number of hydrogen-bond donors (Lipinski definition) is 1. The van der Waals surface area contributed by atoms with Crippen LogP contribution >= 0.6 is 0 Å². The smallest absolute Gasteiger partial charge is 0.436 e. The van der Waals surface area contributed by atoms with Gasteiger partial charge < -0.3 is 19.3 Å². The number of benzene rings is 1. The average molecular weight is 534 g/mol.